The number of rotatable bonds is 98. The van der Waals surface area contributed by atoms with E-state index in [1.807, 2.05) is 0 Å². The highest BCUT2D eigenvalue weighted by Gasteiger charge is 2.30. The molecule has 0 aliphatic carbocycles. The molecular formula is C111H190O16P2. The SMILES string of the molecule is CC/C=C\C/C=C\C/C=C\C/C=C\C/C=C\C/C=C\CCCCCCCCCCCCCCCCC(=O)OCC(O)COP(=O)(O)OCC(O)COP(=O)(O)OCC(COC(=O)CCCCCCCCCCCCCCCCCCC/C=C\C/C=C\C/C=C\C/C=C\CCCCC)OC(=O)CCCCCCCCCCCCC/C=C\C/C=C\C/C=C\C/C=C\C/C=C\CC. The molecule has 0 spiro atoms. The van der Waals surface area contributed by atoms with Crippen molar-refractivity contribution in [1.82, 2.24) is 0 Å². The maximum atomic E-state index is 13.1. The number of phosphoric ester groups is 2. The van der Waals surface area contributed by atoms with Gasteiger partial charge in [-0.05, 0) is 161 Å². The van der Waals surface area contributed by atoms with Crippen LogP contribution in [0.4, 0.5) is 0 Å². The average Bonchev–Trinajstić information content (AvgIpc) is 0.894. The van der Waals surface area contributed by atoms with E-state index in [-0.39, 0.29) is 19.3 Å². The van der Waals surface area contributed by atoms with E-state index >= 15 is 0 Å². The van der Waals surface area contributed by atoms with Crippen molar-refractivity contribution in [3.8, 4) is 0 Å². The maximum Gasteiger partial charge on any atom is 0.472 e. The monoisotopic (exact) mass is 1840 g/mol. The first-order valence-corrected chi connectivity index (χ1v) is 55.1. The molecular weight excluding hydrogens is 1650 g/mol. The molecule has 0 aromatic rings. The summed E-state index contributed by atoms with van der Waals surface area (Å²) in [6.07, 6.45) is 135. The van der Waals surface area contributed by atoms with E-state index in [4.69, 9.17) is 32.3 Å². The average molecular weight is 1840 g/mol. The van der Waals surface area contributed by atoms with Crippen molar-refractivity contribution < 1.29 is 75.8 Å². The van der Waals surface area contributed by atoms with Gasteiger partial charge in [0.25, 0.3) is 0 Å². The Labute approximate surface area is 789 Å². The fraction of sp³-hybridized carbons (Fsp3) is 0.703. The minimum atomic E-state index is -4.95. The van der Waals surface area contributed by atoms with Crippen LogP contribution in [-0.4, -0.2) is 95.9 Å². The van der Waals surface area contributed by atoms with Crippen LogP contribution in [-0.2, 0) is 55.8 Å². The molecule has 0 radical (unpaired) electrons. The Bertz CT molecular complexity index is 3080. The van der Waals surface area contributed by atoms with Crippen LogP contribution in [0.15, 0.2) is 182 Å². The Morgan fingerprint density at radius 1 is 0.225 bits per heavy atom. The molecule has 0 heterocycles. The van der Waals surface area contributed by atoms with Gasteiger partial charge >= 0.3 is 33.6 Å². The van der Waals surface area contributed by atoms with Crippen LogP contribution in [0, 0.1) is 0 Å². The molecule has 0 aromatic carbocycles. The number of unbranched alkanes of at least 4 members (excludes halogenated alkanes) is 45. The van der Waals surface area contributed by atoms with Gasteiger partial charge in [-0.25, -0.2) is 9.13 Å². The zero-order chi connectivity index (χ0) is 93.5. The predicted molar refractivity (Wildman–Crippen MR) is 546 cm³/mol. The summed E-state index contributed by atoms with van der Waals surface area (Å²) in [7, 11) is -9.82. The topological polar surface area (TPSA) is 231 Å². The summed E-state index contributed by atoms with van der Waals surface area (Å²) >= 11 is 0. The minimum Gasteiger partial charge on any atom is -0.463 e. The van der Waals surface area contributed by atoms with Crippen molar-refractivity contribution in [2.75, 3.05) is 39.6 Å². The summed E-state index contributed by atoms with van der Waals surface area (Å²) < 4.78 is 61.7. The molecule has 0 aliphatic heterocycles. The lowest BCUT2D eigenvalue weighted by atomic mass is 10.0. The van der Waals surface area contributed by atoms with Crippen molar-refractivity contribution in [3.05, 3.63) is 182 Å². The van der Waals surface area contributed by atoms with Gasteiger partial charge in [0.1, 0.15) is 25.4 Å². The van der Waals surface area contributed by atoms with Crippen LogP contribution in [0.5, 0.6) is 0 Å². The standard InChI is InChI=1S/C111H190O16P2/c1-4-7-10-13-16-19-22-25-28-31-34-37-40-43-46-48-50-52-54-56-59-61-64-67-70-73-76-79-82-85-88-91-94-97-109(114)121-100-106(112)101-123-128(117,118)124-102-107(113)103-125-129(119,120)126-105-108(127-111(116)99-96-93-90-87-84-81-78-75-72-69-66-63-58-45-42-39-36-33-30-27-24-21-18-15-12-9-6-3)104-122-110(115)98-95-92-89-86-83-80-77-74-71-68-65-62-60-57-55-53-51-49-47-44-41-38-35-32-29-26-23-20-17-14-11-8-5-2/h7,9-10,12,16-21,25-30,34-39,43-47,50,52,58,106-108,112-113H,4-6,8,11,13-15,22-24,31-33,40-42,48-49,51,53-57,59-105H2,1-3H3,(H,117,118)(H,119,120)/b10-7-,12-9-,19-16-,20-17-,21-18-,28-25-,29-26-,30-27-,37-34-,38-35-,39-36-,46-43-,47-44-,52-50-,58-45-. The van der Waals surface area contributed by atoms with Gasteiger partial charge in [0.05, 0.1) is 26.4 Å². The van der Waals surface area contributed by atoms with Crippen molar-refractivity contribution in [2.24, 2.45) is 0 Å². The Kier molecular flexibility index (Phi) is 97.4. The van der Waals surface area contributed by atoms with Gasteiger partial charge in [0, 0.05) is 19.3 Å². The van der Waals surface area contributed by atoms with E-state index in [0.717, 1.165) is 167 Å². The predicted octanol–water partition coefficient (Wildman–Crippen LogP) is 33.1. The van der Waals surface area contributed by atoms with Gasteiger partial charge in [0.15, 0.2) is 6.10 Å². The molecule has 4 N–H and O–H groups in total. The molecule has 0 aliphatic rings. The highest BCUT2D eigenvalue weighted by Crippen LogP contribution is 2.45. The van der Waals surface area contributed by atoms with E-state index in [9.17, 15) is 43.5 Å². The van der Waals surface area contributed by atoms with Crippen molar-refractivity contribution in [2.45, 2.75) is 463 Å². The van der Waals surface area contributed by atoms with E-state index in [1.165, 1.54) is 218 Å². The normalized spacial score (nSPS) is 14.4. The first-order valence-electron chi connectivity index (χ1n) is 52.1. The summed E-state index contributed by atoms with van der Waals surface area (Å²) in [6, 6.07) is 0. The van der Waals surface area contributed by atoms with Crippen molar-refractivity contribution in [3.63, 3.8) is 0 Å². The molecule has 740 valence electrons. The van der Waals surface area contributed by atoms with Crippen LogP contribution in [0.25, 0.3) is 0 Å². The number of hydrogen-bond donors (Lipinski definition) is 4. The van der Waals surface area contributed by atoms with Gasteiger partial charge in [0.2, 0.25) is 0 Å². The lowest BCUT2D eigenvalue weighted by Gasteiger charge is -2.21. The molecule has 0 rings (SSSR count). The second kappa shape index (κ2) is 102. The van der Waals surface area contributed by atoms with Crippen LogP contribution in [0.1, 0.15) is 445 Å². The number of carbonyl (C=O) groups is 3. The number of aliphatic hydroxyl groups excluding tert-OH is 2. The fourth-order valence-corrected chi connectivity index (χ4v) is 15.9. The van der Waals surface area contributed by atoms with Gasteiger partial charge in [-0.2, -0.15) is 0 Å². The number of allylic oxidation sites excluding steroid dienone is 30. The first kappa shape index (κ1) is 124. The zero-order valence-corrected chi connectivity index (χ0v) is 83.8. The van der Waals surface area contributed by atoms with Crippen LogP contribution < -0.4 is 0 Å². The number of esters is 3. The minimum absolute atomic E-state index is 0.0978. The molecule has 0 fully saturated rings. The largest absolute Gasteiger partial charge is 0.472 e. The van der Waals surface area contributed by atoms with Gasteiger partial charge in [-0.3, -0.25) is 32.5 Å². The van der Waals surface area contributed by atoms with Gasteiger partial charge in [-0.1, -0.05) is 447 Å². The van der Waals surface area contributed by atoms with E-state index in [2.05, 4.69) is 203 Å². The molecule has 18 heteroatoms. The molecule has 5 unspecified atom stereocenters. The number of carbonyl (C=O) groups excluding carboxylic acids is 3. The van der Waals surface area contributed by atoms with Crippen molar-refractivity contribution >= 4 is 33.6 Å². The first-order chi connectivity index (χ1) is 63.2. The maximum absolute atomic E-state index is 13.1. The van der Waals surface area contributed by atoms with E-state index < -0.39 is 91.5 Å². The highest BCUT2D eigenvalue weighted by molar-refractivity contribution is 7.47. The molecule has 0 aromatic heterocycles. The Morgan fingerprint density at radius 2 is 0.411 bits per heavy atom. The lowest BCUT2D eigenvalue weighted by molar-refractivity contribution is -0.161. The lowest BCUT2D eigenvalue weighted by Crippen LogP contribution is -2.30. The molecule has 0 amide bonds. The molecule has 16 nitrogen and oxygen atoms in total. The van der Waals surface area contributed by atoms with Crippen LogP contribution in [0.3, 0.4) is 0 Å². The Morgan fingerprint density at radius 3 is 0.651 bits per heavy atom. The summed E-state index contributed by atoms with van der Waals surface area (Å²) in [5.74, 6) is -1.56. The van der Waals surface area contributed by atoms with Crippen LogP contribution in [0.2, 0.25) is 0 Å². The Balaban J connectivity index is 4.61. The quantitative estimate of drug-likeness (QED) is 0.0146. The third kappa shape index (κ3) is 103. The zero-order valence-electron chi connectivity index (χ0n) is 82.0. The van der Waals surface area contributed by atoms with Crippen molar-refractivity contribution in [1.29, 1.82) is 0 Å². The van der Waals surface area contributed by atoms with Crippen LogP contribution >= 0.6 is 15.6 Å². The second-order valence-electron chi connectivity index (χ2n) is 34.6. The molecule has 0 saturated heterocycles. The number of aliphatic hydroxyl groups is 2. The molecule has 0 saturated carbocycles. The molecule has 0 bridgehead atoms. The summed E-state index contributed by atoms with van der Waals surface area (Å²) in [4.78, 5) is 59.3. The third-order valence-corrected chi connectivity index (χ3v) is 24.0. The van der Waals surface area contributed by atoms with E-state index in [0.29, 0.717) is 19.3 Å². The third-order valence-electron chi connectivity index (χ3n) is 22.1. The summed E-state index contributed by atoms with van der Waals surface area (Å²) in [5, 5.41) is 20.8. The van der Waals surface area contributed by atoms with E-state index in [1.54, 1.807) is 0 Å². The van der Waals surface area contributed by atoms with Gasteiger partial charge in [-0.15, -0.1) is 0 Å². The smallest absolute Gasteiger partial charge is 0.463 e. The highest BCUT2D eigenvalue weighted by atomic mass is 31.2. The molecule has 129 heavy (non-hydrogen) atoms. The number of phosphoric acid groups is 2. The number of hydrogen-bond acceptors (Lipinski definition) is 14. The Hall–Kier alpha value is -5.35. The summed E-state index contributed by atoms with van der Waals surface area (Å²) in [5.41, 5.74) is 0. The number of ether oxygens (including phenoxy) is 3. The molecule has 5 atom stereocenters. The van der Waals surface area contributed by atoms with Gasteiger partial charge < -0.3 is 34.2 Å². The summed E-state index contributed by atoms with van der Waals surface area (Å²) in [6.45, 7) is 2.50. The fourth-order valence-electron chi connectivity index (χ4n) is 14.3. The second-order valence-corrected chi connectivity index (χ2v) is 37.5.